The molecule has 0 saturated carbocycles. The number of halogens is 1. The lowest BCUT2D eigenvalue weighted by Gasteiger charge is -2.24. The Balaban J connectivity index is 1.78. The second-order valence-electron chi connectivity index (χ2n) is 6.54. The third-order valence-corrected chi connectivity index (χ3v) is 4.85. The normalized spacial score (nSPS) is 25.5. The Bertz CT molecular complexity index is 781. The number of imide groups is 1. The van der Waals surface area contributed by atoms with Gasteiger partial charge in [0.2, 0.25) is 5.91 Å². The Kier molecular flexibility index (Phi) is 4.39. The van der Waals surface area contributed by atoms with Crippen molar-refractivity contribution in [2.45, 2.75) is 31.3 Å². The van der Waals surface area contributed by atoms with Crippen molar-refractivity contribution in [3.8, 4) is 0 Å². The van der Waals surface area contributed by atoms with E-state index in [9.17, 15) is 23.6 Å². The van der Waals surface area contributed by atoms with Crippen molar-refractivity contribution in [3.63, 3.8) is 0 Å². The number of nitrogens with one attached hydrogen (secondary N) is 1. The van der Waals surface area contributed by atoms with E-state index >= 15 is 0 Å². The quantitative estimate of drug-likeness (QED) is 0.765. The standard InChI is InChI=1S/C17H18FN3O5/c1-17(10-4-6-11(18)7-5-10)15(25)21(16(26)19-17)9-13(22)20-8-2-3-12(20)14(23)24/h4-7,12H,2-3,8-9H2,1H3,(H,19,26)(H,23,24). The highest BCUT2D eigenvalue weighted by Crippen LogP contribution is 2.29. The minimum Gasteiger partial charge on any atom is -0.480 e. The Morgan fingerprint density at radius 1 is 1.31 bits per heavy atom. The predicted molar refractivity (Wildman–Crippen MR) is 86.4 cm³/mol. The Labute approximate surface area is 148 Å². The van der Waals surface area contributed by atoms with E-state index in [1.165, 1.54) is 36.1 Å². The van der Waals surface area contributed by atoms with Crippen LogP contribution in [0.2, 0.25) is 0 Å². The maximum absolute atomic E-state index is 13.1. The fourth-order valence-electron chi connectivity index (χ4n) is 3.37. The van der Waals surface area contributed by atoms with Crippen LogP contribution in [0.4, 0.5) is 9.18 Å². The lowest BCUT2D eigenvalue weighted by atomic mass is 9.92. The van der Waals surface area contributed by atoms with Crippen molar-refractivity contribution in [1.29, 1.82) is 0 Å². The Hall–Kier alpha value is -2.97. The van der Waals surface area contributed by atoms with Crippen molar-refractivity contribution in [2.24, 2.45) is 0 Å². The van der Waals surface area contributed by atoms with Gasteiger partial charge in [0.15, 0.2) is 0 Å². The van der Waals surface area contributed by atoms with Crippen LogP contribution >= 0.6 is 0 Å². The highest BCUT2D eigenvalue weighted by molar-refractivity contribution is 6.09. The summed E-state index contributed by atoms with van der Waals surface area (Å²) in [4.78, 5) is 50.6. The molecule has 2 N–H and O–H groups in total. The highest BCUT2D eigenvalue weighted by atomic mass is 19.1. The van der Waals surface area contributed by atoms with Gasteiger partial charge in [0.25, 0.3) is 5.91 Å². The molecule has 138 valence electrons. The summed E-state index contributed by atoms with van der Waals surface area (Å²) in [7, 11) is 0. The van der Waals surface area contributed by atoms with E-state index in [1.807, 2.05) is 0 Å². The smallest absolute Gasteiger partial charge is 0.326 e. The third-order valence-electron chi connectivity index (χ3n) is 4.85. The fraction of sp³-hybridized carbons (Fsp3) is 0.412. The minimum atomic E-state index is -1.41. The van der Waals surface area contributed by atoms with E-state index in [1.54, 1.807) is 0 Å². The van der Waals surface area contributed by atoms with Crippen molar-refractivity contribution in [3.05, 3.63) is 35.6 Å². The van der Waals surface area contributed by atoms with Gasteiger partial charge in [-0.2, -0.15) is 0 Å². The van der Waals surface area contributed by atoms with Crippen LogP contribution in [0.15, 0.2) is 24.3 Å². The Morgan fingerprint density at radius 2 is 1.96 bits per heavy atom. The van der Waals surface area contributed by atoms with Crippen molar-refractivity contribution < 1.29 is 28.7 Å². The zero-order valence-corrected chi connectivity index (χ0v) is 14.1. The van der Waals surface area contributed by atoms with Crippen LogP contribution in [0.25, 0.3) is 0 Å². The number of carboxylic acids is 1. The van der Waals surface area contributed by atoms with E-state index in [-0.39, 0.29) is 6.54 Å². The van der Waals surface area contributed by atoms with Crippen LogP contribution in [0.5, 0.6) is 0 Å². The molecule has 0 aliphatic carbocycles. The van der Waals surface area contributed by atoms with Gasteiger partial charge in [0.1, 0.15) is 23.9 Å². The molecular formula is C17H18FN3O5. The summed E-state index contributed by atoms with van der Waals surface area (Å²) >= 11 is 0. The molecule has 0 radical (unpaired) electrons. The molecule has 0 aromatic heterocycles. The first-order valence-corrected chi connectivity index (χ1v) is 8.16. The van der Waals surface area contributed by atoms with Crippen LogP contribution in [-0.2, 0) is 19.9 Å². The number of likely N-dealkylation sites (tertiary alicyclic amines) is 1. The number of benzene rings is 1. The monoisotopic (exact) mass is 363 g/mol. The number of amides is 4. The molecule has 3 rings (SSSR count). The molecule has 9 heteroatoms. The van der Waals surface area contributed by atoms with Gasteiger partial charge in [0.05, 0.1) is 0 Å². The van der Waals surface area contributed by atoms with Gasteiger partial charge in [-0.1, -0.05) is 12.1 Å². The van der Waals surface area contributed by atoms with Crippen molar-refractivity contribution in [1.82, 2.24) is 15.1 Å². The van der Waals surface area contributed by atoms with E-state index in [0.29, 0.717) is 18.4 Å². The minimum absolute atomic E-state index is 0.272. The van der Waals surface area contributed by atoms with Gasteiger partial charge in [0, 0.05) is 6.54 Å². The highest BCUT2D eigenvalue weighted by Gasteiger charge is 2.50. The predicted octanol–water partition coefficient (Wildman–Crippen LogP) is 0.668. The molecule has 2 aliphatic rings. The molecule has 0 spiro atoms. The molecule has 1 aromatic rings. The topological polar surface area (TPSA) is 107 Å². The summed E-state index contributed by atoms with van der Waals surface area (Å²) in [5.41, 5.74) is -1.03. The molecular weight excluding hydrogens is 345 g/mol. The second-order valence-corrected chi connectivity index (χ2v) is 6.54. The van der Waals surface area contributed by atoms with E-state index in [2.05, 4.69) is 5.32 Å². The largest absolute Gasteiger partial charge is 0.480 e. The number of aliphatic carboxylic acids is 1. The van der Waals surface area contributed by atoms with Gasteiger partial charge in [-0.05, 0) is 37.5 Å². The summed E-state index contributed by atoms with van der Waals surface area (Å²) in [6, 6.07) is 3.44. The number of nitrogens with zero attached hydrogens (tertiary/aromatic N) is 2. The fourth-order valence-corrected chi connectivity index (χ4v) is 3.37. The van der Waals surface area contributed by atoms with Crippen molar-refractivity contribution in [2.75, 3.05) is 13.1 Å². The number of carbonyl (C=O) groups is 4. The number of rotatable bonds is 4. The molecule has 26 heavy (non-hydrogen) atoms. The first kappa shape index (κ1) is 17.8. The number of hydrogen-bond donors (Lipinski definition) is 2. The molecule has 2 heterocycles. The molecule has 2 atom stereocenters. The molecule has 2 aliphatic heterocycles. The molecule has 2 unspecified atom stereocenters. The number of urea groups is 1. The lowest BCUT2D eigenvalue weighted by molar-refractivity contribution is -0.149. The maximum atomic E-state index is 13.1. The van der Waals surface area contributed by atoms with E-state index in [4.69, 9.17) is 5.11 Å². The van der Waals surface area contributed by atoms with Crippen LogP contribution < -0.4 is 5.32 Å². The summed E-state index contributed by atoms with van der Waals surface area (Å²) in [6.45, 7) is 1.21. The second kappa shape index (κ2) is 6.40. The third kappa shape index (κ3) is 2.89. The zero-order valence-electron chi connectivity index (χ0n) is 14.1. The summed E-state index contributed by atoms with van der Waals surface area (Å²) < 4.78 is 13.1. The van der Waals surface area contributed by atoms with Gasteiger partial charge in [-0.25, -0.2) is 14.0 Å². The summed E-state index contributed by atoms with van der Waals surface area (Å²) in [5, 5.41) is 11.7. The summed E-state index contributed by atoms with van der Waals surface area (Å²) in [5.74, 6) is -2.82. The molecule has 4 amide bonds. The number of hydrogen-bond acceptors (Lipinski definition) is 4. The van der Waals surface area contributed by atoms with Crippen LogP contribution in [-0.4, -0.2) is 57.9 Å². The number of carboxylic acid groups (broad SMARTS) is 1. The van der Waals surface area contributed by atoms with Crippen LogP contribution in [0.3, 0.4) is 0 Å². The first-order valence-electron chi connectivity index (χ1n) is 8.16. The molecule has 2 fully saturated rings. The van der Waals surface area contributed by atoms with E-state index in [0.717, 1.165) is 4.90 Å². The van der Waals surface area contributed by atoms with Gasteiger partial charge in [-0.15, -0.1) is 0 Å². The molecule has 2 saturated heterocycles. The van der Waals surface area contributed by atoms with Gasteiger partial charge in [-0.3, -0.25) is 14.5 Å². The first-order chi connectivity index (χ1) is 12.2. The van der Waals surface area contributed by atoms with Crippen LogP contribution in [0.1, 0.15) is 25.3 Å². The molecule has 8 nitrogen and oxygen atoms in total. The average molecular weight is 363 g/mol. The maximum Gasteiger partial charge on any atom is 0.326 e. The van der Waals surface area contributed by atoms with Gasteiger partial charge < -0.3 is 15.3 Å². The SMILES string of the molecule is CC1(c2ccc(F)cc2)NC(=O)N(CC(=O)N2CCCC2C(=O)O)C1=O. The molecule has 0 bridgehead atoms. The lowest BCUT2D eigenvalue weighted by Crippen LogP contribution is -2.47. The zero-order chi connectivity index (χ0) is 19.1. The number of carbonyl (C=O) groups excluding carboxylic acids is 3. The van der Waals surface area contributed by atoms with Crippen molar-refractivity contribution >= 4 is 23.8 Å². The average Bonchev–Trinajstić information content (AvgIpc) is 3.16. The van der Waals surface area contributed by atoms with Gasteiger partial charge >= 0.3 is 12.0 Å². The Morgan fingerprint density at radius 3 is 2.58 bits per heavy atom. The summed E-state index contributed by atoms with van der Waals surface area (Å²) in [6.07, 6.45) is 0.894. The van der Waals surface area contributed by atoms with Crippen LogP contribution in [0, 0.1) is 5.82 Å². The molecule has 1 aromatic carbocycles. The van der Waals surface area contributed by atoms with E-state index < -0.39 is 47.8 Å².